The summed E-state index contributed by atoms with van der Waals surface area (Å²) < 4.78 is 0. The summed E-state index contributed by atoms with van der Waals surface area (Å²) in [4.78, 5) is 2.30. The Kier molecular flexibility index (Phi) is 3.95. The molecule has 2 aromatic rings. The predicted octanol–water partition coefficient (Wildman–Crippen LogP) is 4.31. The van der Waals surface area contributed by atoms with Crippen molar-refractivity contribution in [2.75, 3.05) is 11.4 Å². The SMILES string of the molecule is OCc1ccc(N2CCCCc3ccccc32)c(Cl)c1. The van der Waals surface area contributed by atoms with Gasteiger partial charge in [-0.1, -0.05) is 35.9 Å². The molecular weight excluding hydrogens is 270 g/mol. The Bertz CT molecular complexity index is 612. The Morgan fingerprint density at radius 1 is 1.05 bits per heavy atom. The molecule has 1 N–H and O–H groups in total. The molecule has 1 aliphatic heterocycles. The monoisotopic (exact) mass is 287 g/mol. The minimum Gasteiger partial charge on any atom is -0.392 e. The molecular formula is C17H18ClNO. The van der Waals surface area contributed by atoms with Crippen LogP contribution < -0.4 is 4.90 Å². The van der Waals surface area contributed by atoms with Gasteiger partial charge in [0.15, 0.2) is 0 Å². The van der Waals surface area contributed by atoms with Crippen LogP contribution in [0, 0.1) is 0 Å². The van der Waals surface area contributed by atoms with E-state index in [9.17, 15) is 5.11 Å². The summed E-state index contributed by atoms with van der Waals surface area (Å²) in [5.41, 5.74) is 4.51. The molecule has 104 valence electrons. The van der Waals surface area contributed by atoms with Gasteiger partial charge in [-0.3, -0.25) is 0 Å². The molecule has 0 amide bonds. The van der Waals surface area contributed by atoms with Gasteiger partial charge in [-0.25, -0.2) is 0 Å². The zero-order valence-electron chi connectivity index (χ0n) is 11.3. The fourth-order valence-electron chi connectivity index (χ4n) is 2.81. The number of halogens is 1. The predicted molar refractivity (Wildman–Crippen MR) is 83.8 cm³/mol. The molecule has 20 heavy (non-hydrogen) atoms. The molecule has 0 aliphatic carbocycles. The van der Waals surface area contributed by atoms with E-state index < -0.39 is 0 Å². The van der Waals surface area contributed by atoms with Crippen molar-refractivity contribution in [3.05, 3.63) is 58.6 Å². The molecule has 2 nitrogen and oxygen atoms in total. The van der Waals surface area contributed by atoms with E-state index in [0.29, 0.717) is 5.02 Å². The van der Waals surface area contributed by atoms with Crippen LogP contribution >= 0.6 is 11.6 Å². The van der Waals surface area contributed by atoms with Crippen LogP contribution in [0.15, 0.2) is 42.5 Å². The summed E-state index contributed by atoms with van der Waals surface area (Å²) in [7, 11) is 0. The Morgan fingerprint density at radius 3 is 2.70 bits per heavy atom. The lowest BCUT2D eigenvalue weighted by molar-refractivity contribution is 0.282. The lowest BCUT2D eigenvalue weighted by atomic mass is 10.1. The highest BCUT2D eigenvalue weighted by atomic mass is 35.5. The quantitative estimate of drug-likeness (QED) is 0.890. The van der Waals surface area contributed by atoms with Gasteiger partial charge in [-0.15, -0.1) is 0 Å². The van der Waals surface area contributed by atoms with Crippen LogP contribution in [0.5, 0.6) is 0 Å². The smallest absolute Gasteiger partial charge is 0.0682 e. The van der Waals surface area contributed by atoms with Gasteiger partial charge in [0.2, 0.25) is 0 Å². The van der Waals surface area contributed by atoms with E-state index in [0.717, 1.165) is 30.6 Å². The van der Waals surface area contributed by atoms with Crippen molar-refractivity contribution in [2.24, 2.45) is 0 Å². The number of rotatable bonds is 2. The third-order valence-electron chi connectivity index (χ3n) is 3.85. The summed E-state index contributed by atoms with van der Waals surface area (Å²) in [5.74, 6) is 0. The fourth-order valence-corrected chi connectivity index (χ4v) is 3.11. The number of fused-ring (bicyclic) bond motifs is 1. The highest BCUT2D eigenvalue weighted by Gasteiger charge is 2.18. The molecule has 0 spiro atoms. The summed E-state index contributed by atoms with van der Waals surface area (Å²) >= 11 is 6.41. The van der Waals surface area contributed by atoms with E-state index in [1.165, 1.54) is 17.7 Å². The maximum atomic E-state index is 9.19. The van der Waals surface area contributed by atoms with Gasteiger partial charge in [0, 0.05) is 12.2 Å². The van der Waals surface area contributed by atoms with Crippen LogP contribution in [0.3, 0.4) is 0 Å². The van der Waals surface area contributed by atoms with E-state index in [1.54, 1.807) is 0 Å². The third kappa shape index (κ3) is 2.54. The van der Waals surface area contributed by atoms with Crippen LogP contribution in [0.2, 0.25) is 5.02 Å². The van der Waals surface area contributed by atoms with Gasteiger partial charge in [0.25, 0.3) is 0 Å². The van der Waals surface area contributed by atoms with E-state index >= 15 is 0 Å². The number of benzene rings is 2. The van der Waals surface area contributed by atoms with Crippen LogP contribution in [0.1, 0.15) is 24.0 Å². The fraction of sp³-hybridized carbons (Fsp3) is 0.294. The average Bonchev–Trinajstić information content (AvgIpc) is 2.69. The molecule has 3 heteroatoms. The summed E-state index contributed by atoms with van der Waals surface area (Å²) in [6.45, 7) is 1.01. The van der Waals surface area contributed by atoms with Gasteiger partial charge in [-0.2, -0.15) is 0 Å². The van der Waals surface area contributed by atoms with Crippen LogP contribution in [0.4, 0.5) is 11.4 Å². The number of aliphatic hydroxyl groups excluding tert-OH is 1. The summed E-state index contributed by atoms with van der Waals surface area (Å²) in [5, 5.41) is 9.90. The number of para-hydroxylation sites is 1. The standard InChI is InChI=1S/C17H18ClNO/c18-15-11-13(12-20)8-9-17(15)19-10-4-3-6-14-5-1-2-7-16(14)19/h1-2,5,7-9,11,20H,3-4,6,10,12H2. The molecule has 0 saturated heterocycles. The molecule has 3 rings (SSSR count). The molecule has 0 atom stereocenters. The zero-order chi connectivity index (χ0) is 13.9. The van der Waals surface area contributed by atoms with E-state index in [4.69, 9.17) is 11.6 Å². The lowest BCUT2D eigenvalue weighted by Crippen LogP contribution is -2.18. The van der Waals surface area contributed by atoms with Gasteiger partial charge in [-0.05, 0) is 48.6 Å². The first-order chi connectivity index (χ1) is 9.79. The average molecular weight is 288 g/mol. The molecule has 0 radical (unpaired) electrons. The van der Waals surface area contributed by atoms with Crippen molar-refractivity contribution in [1.29, 1.82) is 0 Å². The Hall–Kier alpha value is -1.51. The van der Waals surface area contributed by atoms with Gasteiger partial charge in [0.1, 0.15) is 0 Å². The molecule has 0 aromatic heterocycles. The van der Waals surface area contributed by atoms with E-state index in [1.807, 2.05) is 18.2 Å². The van der Waals surface area contributed by atoms with Crippen molar-refractivity contribution >= 4 is 23.0 Å². The van der Waals surface area contributed by atoms with Crippen molar-refractivity contribution in [1.82, 2.24) is 0 Å². The normalized spacial score (nSPS) is 14.8. The van der Waals surface area contributed by atoms with E-state index in [-0.39, 0.29) is 6.61 Å². The molecule has 0 bridgehead atoms. The second-order valence-corrected chi connectivity index (χ2v) is 5.59. The third-order valence-corrected chi connectivity index (χ3v) is 4.15. The number of aryl methyl sites for hydroxylation is 1. The number of anilines is 2. The number of hydrogen-bond donors (Lipinski definition) is 1. The molecule has 2 aromatic carbocycles. The van der Waals surface area contributed by atoms with Crippen molar-refractivity contribution in [3.63, 3.8) is 0 Å². The largest absolute Gasteiger partial charge is 0.392 e. The Labute approximate surface area is 124 Å². The van der Waals surface area contributed by atoms with Gasteiger partial charge < -0.3 is 10.0 Å². The first-order valence-corrected chi connectivity index (χ1v) is 7.42. The van der Waals surface area contributed by atoms with Crippen molar-refractivity contribution < 1.29 is 5.11 Å². The van der Waals surface area contributed by atoms with Crippen LogP contribution in [0.25, 0.3) is 0 Å². The van der Waals surface area contributed by atoms with Gasteiger partial charge >= 0.3 is 0 Å². The Morgan fingerprint density at radius 2 is 1.90 bits per heavy atom. The second-order valence-electron chi connectivity index (χ2n) is 5.18. The van der Waals surface area contributed by atoms with Crippen molar-refractivity contribution in [3.8, 4) is 0 Å². The maximum absolute atomic E-state index is 9.19. The highest BCUT2D eigenvalue weighted by Crippen LogP contribution is 2.36. The van der Waals surface area contributed by atoms with Crippen molar-refractivity contribution in [2.45, 2.75) is 25.9 Å². The lowest BCUT2D eigenvalue weighted by Gasteiger charge is -2.26. The number of aliphatic hydroxyl groups is 1. The molecule has 1 heterocycles. The first-order valence-electron chi connectivity index (χ1n) is 7.04. The van der Waals surface area contributed by atoms with Gasteiger partial charge in [0.05, 0.1) is 17.3 Å². The van der Waals surface area contributed by atoms with Crippen LogP contribution in [-0.4, -0.2) is 11.7 Å². The zero-order valence-corrected chi connectivity index (χ0v) is 12.1. The number of hydrogen-bond acceptors (Lipinski definition) is 2. The minimum atomic E-state index is 0.0244. The topological polar surface area (TPSA) is 23.5 Å². The minimum absolute atomic E-state index is 0.0244. The molecule has 1 aliphatic rings. The molecule has 0 fully saturated rings. The maximum Gasteiger partial charge on any atom is 0.0682 e. The molecule has 0 saturated carbocycles. The molecule has 0 unspecified atom stereocenters. The number of nitrogens with zero attached hydrogens (tertiary/aromatic N) is 1. The second kappa shape index (κ2) is 5.86. The van der Waals surface area contributed by atoms with E-state index in [2.05, 4.69) is 29.2 Å². The first kappa shape index (κ1) is 13.5. The van der Waals surface area contributed by atoms with Crippen LogP contribution in [-0.2, 0) is 13.0 Å². The Balaban J connectivity index is 2.05. The highest BCUT2D eigenvalue weighted by molar-refractivity contribution is 6.33. The summed E-state index contributed by atoms with van der Waals surface area (Å²) in [6.07, 6.45) is 3.49. The summed E-state index contributed by atoms with van der Waals surface area (Å²) in [6, 6.07) is 14.3.